The van der Waals surface area contributed by atoms with Gasteiger partial charge in [-0.15, -0.1) is 0 Å². The molecule has 7 heteroatoms. The second-order valence-corrected chi connectivity index (χ2v) is 7.78. The summed E-state index contributed by atoms with van der Waals surface area (Å²) in [4.78, 5) is 31.0. The average molecular weight is 402 g/mol. The Morgan fingerprint density at radius 3 is 2.86 bits per heavy atom. The second-order valence-electron chi connectivity index (χ2n) is 6.80. The minimum absolute atomic E-state index is 0.0310. The van der Waals surface area contributed by atoms with Crippen LogP contribution in [0.15, 0.2) is 30.5 Å². The van der Waals surface area contributed by atoms with E-state index in [4.69, 9.17) is 0 Å². The van der Waals surface area contributed by atoms with Crippen molar-refractivity contribution in [3.63, 3.8) is 0 Å². The zero-order chi connectivity index (χ0) is 20.1. The lowest BCUT2D eigenvalue weighted by atomic mass is 9.94. The molecule has 0 spiro atoms. The second kappa shape index (κ2) is 9.19. The molecule has 3 rings (SSSR count). The number of nitrogens with zero attached hydrogens (tertiary/aromatic N) is 2. The van der Waals surface area contributed by atoms with Crippen molar-refractivity contribution in [3.05, 3.63) is 64.2 Å². The van der Waals surface area contributed by atoms with Gasteiger partial charge in [0.25, 0.3) is 5.91 Å². The van der Waals surface area contributed by atoms with Crippen LogP contribution in [0.25, 0.3) is 0 Å². The highest BCUT2D eigenvalue weighted by molar-refractivity contribution is 7.98. The number of aryl methyl sites for hydroxylation is 1. The molecule has 0 saturated heterocycles. The number of rotatable bonds is 6. The summed E-state index contributed by atoms with van der Waals surface area (Å²) >= 11 is 1.67. The lowest BCUT2D eigenvalue weighted by Gasteiger charge is -2.30. The van der Waals surface area contributed by atoms with E-state index >= 15 is 0 Å². The van der Waals surface area contributed by atoms with Gasteiger partial charge in [0.2, 0.25) is 5.91 Å². The average Bonchev–Trinajstić information content (AvgIpc) is 2.71. The molecule has 0 unspecified atom stereocenters. The number of benzene rings is 1. The molecule has 1 N–H and O–H groups in total. The van der Waals surface area contributed by atoms with Crippen LogP contribution in [0, 0.1) is 12.7 Å². The summed E-state index contributed by atoms with van der Waals surface area (Å²) in [6.07, 6.45) is 5.09. The smallest absolute Gasteiger partial charge is 0.254 e. The van der Waals surface area contributed by atoms with Crippen molar-refractivity contribution in [1.29, 1.82) is 0 Å². The number of halogens is 1. The highest BCUT2D eigenvalue weighted by Crippen LogP contribution is 2.24. The van der Waals surface area contributed by atoms with Crippen LogP contribution in [-0.2, 0) is 24.3 Å². The van der Waals surface area contributed by atoms with Crippen LogP contribution in [-0.4, -0.2) is 40.3 Å². The topological polar surface area (TPSA) is 62.3 Å². The minimum atomic E-state index is -0.538. The van der Waals surface area contributed by atoms with Crippen molar-refractivity contribution < 1.29 is 14.0 Å². The number of thioether (sulfide) groups is 1. The van der Waals surface area contributed by atoms with Crippen molar-refractivity contribution in [3.8, 4) is 0 Å². The van der Waals surface area contributed by atoms with Gasteiger partial charge in [0, 0.05) is 43.7 Å². The highest BCUT2D eigenvalue weighted by Gasteiger charge is 2.24. The first-order valence-corrected chi connectivity index (χ1v) is 10.7. The van der Waals surface area contributed by atoms with Gasteiger partial charge >= 0.3 is 0 Å². The molecule has 1 aliphatic heterocycles. The number of hydrogen-bond donors (Lipinski definition) is 1. The van der Waals surface area contributed by atoms with Crippen molar-refractivity contribution in [2.24, 2.45) is 0 Å². The fourth-order valence-corrected chi connectivity index (χ4v) is 3.80. The maximum absolute atomic E-state index is 13.8. The van der Waals surface area contributed by atoms with Crippen LogP contribution in [0.5, 0.6) is 0 Å². The van der Waals surface area contributed by atoms with E-state index in [1.165, 1.54) is 12.1 Å². The Bertz CT molecular complexity index is 888. The molecule has 28 heavy (non-hydrogen) atoms. The zero-order valence-electron chi connectivity index (χ0n) is 16.1. The van der Waals surface area contributed by atoms with Gasteiger partial charge in [-0.05, 0) is 48.4 Å². The lowest BCUT2D eigenvalue weighted by molar-refractivity contribution is -0.131. The van der Waals surface area contributed by atoms with Gasteiger partial charge in [0.1, 0.15) is 5.82 Å². The van der Waals surface area contributed by atoms with Gasteiger partial charge in [-0.25, -0.2) is 4.39 Å². The van der Waals surface area contributed by atoms with E-state index in [-0.39, 0.29) is 18.0 Å². The Morgan fingerprint density at radius 2 is 2.11 bits per heavy atom. The molecule has 2 heterocycles. The summed E-state index contributed by atoms with van der Waals surface area (Å²) in [5, 5.41) is 2.81. The summed E-state index contributed by atoms with van der Waals surface area (Å²) in [7, 11) is 0. The number of aromatic nitrogens is 1. The molecule has 0 fully saturated rings. The summed E-state index contributed by atoms with van der Waals surface area (Å²) < 4.78 is 13.8. The van der Waals surface area contributed by atoms with E-state index in [0.29, 0.717) is 19.5 Å². The van der Waals surface area contributed by atoms with Crippen molar-refractivity contribution in [2.45, 2.75) is 32.9 Å². The summed E-state index contributed by atoms with van der Waals surface area (Å²) in [5.41, 5.74) is 3.98. The fraction of sp³-hybridized carbons (Fsp3) is 0.381. The lowest BCUT2D eigenvalue weighted by Crippen LogP contribution is -2.37. The van der Waals surface area contributed by atoms with E-state index in [2.05, 4.69) is 10.3 Å². The number of pyridine rings is 1. The van der Waals surface area contributed by atoms with Crippen LogP contribution in [0.3, 0.4) is 0 Å². The quantitative estimate of drug-likeness (QED) is 0.808. The number of amides is 2. The molecule has 2 amide bonds. The molecule has 0 radical (unpaired) electrons. The van der Waals surface area contributed by atoms with Gasteiger partial charge < -0.3 is 10.2 Å². The number of nitrogens with one attached hydrogen (secondary N) is 1. The molecule has 148 valence electrons. The maximum Gasteiger partial charge on any atom is 0.254 e. The van der Waals surface area contributed by atoms with E-state index in [1.54, 1.807) is 23.9 Å². The fourth-order valence-electron chi connectivity index (χ4n) is 3.43. The zero-order valence-corrected chi connectivity index (χ0v) is 16.9. The van der Waals surface area contributed by atoms with Crippen molar-refractivity contribution in [1.82, 2.24) is 15.2 Å². The minimum Gasteiger partial charge on any atom is -0.348 e. The van der Waals surface area contributed by atoms with Crippen LogP contribution in [0.4, 0.5) is 4.39 Å². The van der Waals surface area contributed by atoms with E-state index in [9.17, 15) is 14.0 Å². The molecule has 5 nitrogen and oxygen atoms in total. The number of carbonyl (C=O) groups is 2. The normalized spacial score (nSPS) is 13.2. The highest BCUT2D eigenvalue weighted by atomic mass is 32.2. The van der Waals surface area contributed by atoms with E-state index in [1.807, 2.05) is 24.3 Å². The molecular weight excluding hydrogens is 377 g/mol. The third-order valence-corrected chi connectivity index (χ3v) is 5.62. The first-order valence-electron chi connectivity index (χ1n) is 9.27. The molecule has 1 aromatic carbocycles. The van der Waals surface area contributed by atoms with Gasteiger partial charge in [0.15, 0.2) is 0 Å². The maximum atomic E-state index is 13.8. The van der Waals surface area contributed by atoms with Crippen molar-refractivity contribution in [2.75, 3.05) is 18.6 Å². The molecule has 2 aromatic rings. The summed E-state index contributed by atoms with van der Waals surface area (Å²) in [6, 6.07) is 5.93. The van der Waals surface area contributed by atoms with Gasteiger partial charge in [-0.3, -0.25) is 14.6 Å². The van der Waals surface area contributed by atoms with Gasteiger partial charge in [0.05, 0.1) is 5.56 Å². The summed E-state index contributed by atoms with van der Waals surface area (Å²) in [6.45, 7) is 3.40. The molecule has 0 bridgehead atoms. The van der Waals surface area contributed by atoms with Crippen LogP contribution < -0.4 is 5.32 Å². The molecule has 0 aliphatic carbocycles. The molecule has 1 aliphatic rings. The summed E-state index contributed by atoms with van der Waals surface area (Å²) in [5.74, 6) is 0.000816. The number of carbonyl (C=O) groups excluding carboxylic acids is 2. The van der Waals surface area contributed by atoms with Crippen LogP contribution >= 0.6 is 11.8 Å². The van der Waals surface area contributed by atoms with Crippen molar-refractivity contribution >= 4 is 23.6 Å². The predicted octanol–water partition coefficient (Wildman–Crippen LogP) is 3.10. The third-order valence-electron chi connectivity index (χ3n) is 5.01. The van der Waals surface area contributed by atoms with E-state index < -0.39 is 11.7 Å². The van der Waals surface area contributed by atoms with Gasteiger partial charge in [-0.2, -0.15) is 11.8 Å². The Balaban J connectivity index is 1.73. The SMILES string of the molecule is CSCCC(=O)N1CCc2c(cnc(C)c2CNC(=O)c2ccccc2F)C1. The Labute approximate surface area is 168 Å². The molecule has 0 saturated carbocycles. The Kier molecular flexibility index (Phi) is 6.67. The third kappa shape index (κ3) is 4.52. The largest absolute Gasteiger partial charge is 0.348 e. The van der Waals surface area contributed by atoms with Gasteiger partial charge in [-0.1, -0.05) is 12.1 Å². The molecule has 1 aromatic heterocycles. The Hall–Kier alpha value is -2.41. The first-order chi connectivity index (χ1) is 13.5. The van der Waals surface area contributed by atoms with Crippen LogP contribution in [0.1, 0.15) is 39.2 Å². The molecule has 0 atom stereocenters. The number of fused-ring (bicyclic) bond motifs is 1. The Morgan fingerprint density at radius 1 is 1.32 bits per heavy atom. The van der Waals surface area contributed by atoms with Crippen LogP contribution in [0.2, 0.25) is 0 Å². The first kappa shape index (κ1) is 20.3. The van der Waals surface area contributed by atoms with E-state index in [0.717, 1.165) is 34.6 Å². The monoisotopic (exact) mass is 401 g/mol. The standard InChI is InChI=1S/C21H24FN3O2S/c1-14-18(12-24-21(27)17-5-3-4-6-19(17)22)16-7-9-25(13-15(16)11-23-14)20(26)8-10-28-2/h3-6,11H,7-10,12-13H2,1-2H3,(H,24,27). The predicted molar refractivity (Wildman–Crippen MR) is 109 cm³/mol. The molecular formula is C21H24FN3O2S. The number of hydrogen-bond acceptors (Lipinski definition) is 4.